The van der Waals surface area contributed by atoms with Crippen molar-refractivity contribution in [2.45, 2.75) is 6.92 Å². The Balaban J connectivity index is 2.14. The highest BCUT2D eigenvalue weighted by Crippen LogP contribution is 2.26. The number of pyridine rings is 1. The fourth-order valence-electron chi connectivity index (χ4n) is 2.77. The lowest BCUT2D eigenvalue weighted by Crippen LogP contribution is -1.94. The van der Waals surface area contributed by atoms with Crippen LogP contribution in [0.1, 0.15) is 5.56 Å². The van der Waals surface area contributed by atoms with Gasteiger partial charge in [-0.1, -0.05) is 30.3 Å². The molecule has 0 atom stereocenters. The number of benzene rings is 2. The predicted octanol–water partition coefficient (Wildman–Crippen LogP) is 3.44. The number of anilines is 1. The van der Waals surface area contributed by atoms with Crippen LogP contribution in [0.15, 0.2) is 54.6 Å². The minimum absolute atomic E-state index is 0.723. The number of rotatable bonds is 1. The van der Waals surface area contributed by atoms with Crippen molar-refractivity contribution < 1.29 is 0 Å². The summed E-state index contributed by atoms with van der Waals surface area (Å²) in [6.45, 7) is 2.09. The Morgan fingerprint density at radius 1 is 0.952 bits per heavy atom. The highest BCUT2D eigenvalue weighted by Gasteiger charge is 2.12. The monoisotopic (exact) mass is 274 g/mol. The van der Waals surface area contributed by atoms with Gasteiger partial charge < -0.3 is 5.73 Å². The standard InChI is InChI=1S/C17H14N4/c1-11-9-16-19-20-17(12-5-4-6-13(18)10-12)21(16)15-8-3-2-7-14(11)15/h2-10H,18H2,1H3. The van der Waals surface area contributed by atoms with Crippen molar-refractivity contribution in [1.82, 2.24) is 14.6 Å². The molecule has 102 valence electrons. The summed E-state index contributed by atoms with van der Waals surface area (Å²) in [5.74, 6) is 0.813. The van der Waals surface area contributed by atoms with Crippen LogP contribution in [0, 0.1) is 6.92 Å². The molecule has 0 spiro atoms. The van der Waals surface area contributed by atoms with Gasteiger partial charge in [0.15, 0.2) is 11.5 Å². The summed E-state index contributed by atoms with van der Waals surface area (Å²) in [6.07, 6.45) is 0. The molecule has 0 aliphatic rings. The normalized spacial score (nSPS) is 11.3. The van der Waals surface area contributed by atoms with Gasteiger partial charge in [-0.05, 0) is 36.8 Å². The van der Waals surface area contributed by atoms with Crippen LogP contribution in [0.4, 0.5) is 5.69 Å². The Hall–Kier alpha value is -2.88. The van der Waals surface area contributed by atoms with Crippen molar-refractivity contribution in [3.8, 4) is 11.4 Å². The second-order valence-electron chi connectivity index (χ2n) is 5.19. The molecule has 0 fully saturated rings. The molecular weight excluding hydrogens is 260 g/mol. The van der Waals surface area contributed by atoms with Gasteiger partial charge in [0.1, 0.15) is 0 Å². The van der Waals surface area contributed by atoms with Gasteiger partial charge in [-0.3, -0.25) is 4.40 Å². The number of aryl methyl sites for hydroxylation is 1. The number of para-hydroxylation sites is 1. The number of aromatic nitrogens is 3. The zero-order valence-corrected chi connectivity index (χ0v) is 11.6. The molecule has 2 aromatic heterocycles. The van der Waals surface area contributed by atoms with Gasteiger partial charge in [0, 0.05) is 16.6 Å². The fraction of sp³-hybridized carbons (Fsp3) is 0.0588. The molecule has 2 aromatic carbocycles. The number of hydrogen-bond donors (Lipinski definition) is 1. The van der Waals surface area contributed by atoms with Crippen molar-refractivity contribution in [1.29, 1.82) is 0 Å². The number of nitrogens with two attached hydrogens (primary N) is 1. The topological polar surface area (TPSA) is 56.2 Å². The van der Waals surface area contributed by atoms with E-state index in [1.807, 2.05) is 36.4 Å². The Morgan fingerprint density at radius 2 is 1.81 bits per heavy atom. The quantitative estimate of drug-likeness (QED) is 0.541. The second-order valence-corrected chi connectivity index (χ2v) is 5.19. The Morgan fingerprint density at radius 3 is 2.67 bits per heavy atom. The zero-order chi connectivity index (χ0) is 14.4. The molecule has 4 heteroatoms. The molecule has 0 radical (unpaired) electrons. The van der Waals surface area contributed by atoms with E-state index < -0.39 is 0 Å². The molecule has 0 saturated carbocycles. The minimum atomic E-state index is 0.723. The van der Waals surface area contributed by atoms with E-state index in [4.69, 9.17) is 5.73 Å². The van der Waals surface area contributed by atoms with Gasteiger partial charge in [0.2, 0.25) is 0 Å². The van der Waals surface area contributed by atoms with Crippen LogP contribution in [0.5, 0.6) is 0 Å². The summed E-state index contributed by atoms with van der Waals surface area (Å²) in [5.41, 5.74) is 10.7. The van der Waals surface area contributed by atoms with E-state index in [2.05, 4.69) is 39.7 Å². The second kappa shape index (κ2) is 4.31. The first kappa shape index (κ1) is 11.9. The summed E-state index contributed by atoms with van der Waals surface area (Å²) in [7, 11) is 0. The van der Waals surface area contributed by atoms with Crippen molar-refractivity contribution in [2.75, 3.05) is 5.73 Å². The maximum Gasteiger partial charge on any atom is 0.168 e. The number of nitrogens with zero attached hydrogens (tertiary/aromatic N) is 3. The van der Waals surface area contributed by atoms with Crippen LogP contribution in [-0.4, -0.2) is 14.6 Å². The van der Waals surface area contributed by atoms with Crippen molar-refractivity contribution in [3.63, 3.8) is 0 Å². The number of hydrogen-bond acceptors (Lipinski definition) is 3. The Bertz CT molecular complexity index is 969. The summed E-state index contributed by atoms with van der Waals surface area (Å²) in [5, 5.41) is 9.87. The van der Waals surface area contributed by atoms with Gasteiger partial charge >= 0.3 is 0 Å². The fourth-order valence-corrected chi connectivity index (χ4v) is 2.77. The average molecular weight is 274 g/mol. The maximum absolute atomic E-state index is 5.89. The first-order valence-corrected chi connectivity index (χ1v) is 6.83. The predicted molar refractivity (Wildman–Crippen MR) is 85.1 cm³/mol. The molecule has 0 aliphatic heterocycles. The minimum Gasteiger partial charge on any atom is -0.399 e. The van der Waals surface area contributed by atoms with Crippen LogP contribution < -0.4 is 5.73 Å². The third kappa shape index (κ3) is 1.76. The Labute approximate surface area is 121 Å². The zero-order valence-electron chi connectivity index (χ0n) is 11.6. The smallest absolute Gasteiger partial charge is 0.168 e. The maximum atomic E-state index is 5.89. The number of nitrogen functional groups attached to an aromatic ring is 1. The molecule has 0 unspecified atom stereocenters. The van der Waals surface area contributed by atoms with Crippen LogP contribution in [0.2, 0.25) is 0 Å². The van der Waals surface area contributed by atoms with Crippen LogP contribution >= 0.6 is 0 Å². The largest absolute Gasteiger partial charge is 0.399 e. The summed E-state index contributed by atoms with van der Waals surface area (Å²) in [4.78, 5) is 0. The molecular formula is C17H14N4. The lowest BCUT2D eigenvalue weighted by molar-refractivity contribution is 1.12. The van der Waals surface area contributed by atoms with E-state index >= 15 is 0 Å². The first-order valence-electron chi connectivity index (χ1n) is 6.83. The van der Waals surface area contributed by atoms with E-state index in [0.29, 0.717) is 0 Å². The third-order valence-corrected chi connectivity index (χ3v) is 3.75. The molecule has 4 rings (SSSR count). The molecule has 4 aromatic rings. The summed E-state index contributed by atoms with van der Waals surface area (Å²) in [6, 6.07) is 18.1. The molecule has 21 heavy (non-hydrogen) atoms. The highest BCUT2D eigenvalue weighted by atomic mass is 15.2. The summed E-state index contributed by atoms with van der Waals surface area (Å²) < 4.78 is 2.08. The van der Waals surface area contributed by atoms with Crippen LogP contribution in [-0.2, 0) is 0 Å². The van der Waals surface area contributed by atoms with Crippen molar-refractivity contribution >= 4 is 22.2 Å². The lowest BCUT2D eigenvalue weighted by atomic mass is 10.1. The first-order chi connectivity index (χ1) is 10.2. The van der Waals surface area contributed by atoms with E-state index in [1.165, 1.54) is 10.9 Å². The SMILES string of the molecule is Cc1cc2nnc(-c3cccc(N)c3)n2c2ccccc12. The average Bonchev–Trinajstić information content (AvgIpc) is 2.91. The molecule has 0 amide bonds. The molecule has 0 saturated heterocycles. The van der Waals surface area contributed by atoms with Gasteiger partial charge in [-0.25, -0.2) is 0 Å². The molecule has 0 bridgehead atoms. The molecule has 2 N–H and O–H groups in total. The van der Waals surface area contributed by atoms with Gasteiger partial charge in [-0.15, -0.1) is 10.2 Å². The van der Waals surface area contributed by atoms with E-state index in [0.717, 1.165) is 28.2 Å². The van der Waals surface area contributed by atoms with E-state index in [1.54, 1.807) is 0 Å². The van der Waals surface area contributed by atoms with Gasteiger partial charge in [0.25, 0.3) is 0 Å². The van der Waals surface area contributed by atoms with Crippen LogP contribution in [0.3, 0.4) is 0 Å². The van der Waals surface area contributed by atoms with Crippen molar-refractivity contribution in [3.05, 3.63) is 60.2 Å². The van der Waals surface area contributed by atoms with Gasteiger partial charge in [0.05, 0.1) is 5.52 Å². The van der Waals surface area contributed by atoms with Gasteiger partial charge in [-0.2, -0.15) is 0 Å². The summed E-state index contributed by atoms with van der Waals surface area (Å²) >= 11 is 0. The van der Waals surface area contributed by atoms with E-state index in [9.17, 15) is 0 Å². The lowest BCUT2D eigenvalue weighted by Gasteiger charge is -2.07. The van der Waals surface area contributed by atoms with Crippen molar-refractivity contribution in [2.24, 2.45) is 0 Å². The van der Waals surface area contributed by atoms with Crippen LogP contribution in [0.25, 0.3) is 27.9 Å². The molecule has 4 nitrogen and oxygen atoms in total. The van der Waals surface area contributed by atoms with E-state index in [-0.39, 0.29) is 0 Å². The number of fused-ring (bicyclic) bond motifs is 3. The third-order valence-electron chi connectivity index (χ3n) is 3.75. The Kier molecular flexibility index (Phi) is 2.44. The molecule has 0 aliphatic carbocycles. The highest BCUT2D eigenvalue weighted by molar-refractivity contribution is 5.87. The molecule has 2 heterocycles.